The van der Waals surface area contributed by atoms with Crippen LogP contribution in [0.3, 0.4) is 0 Å². The van der Waals surface area contributed by atoms with Crippen molar-refractivity contribution in [3.8, 4) is 33.4 Å². The maximum Gasteiger partial charge on any atom is 0.0468 e. The summed E-state index contributed by atoms with van der Waals surface area (Å²) in [5, 5.41) is 2.43. The van der Waals surface area contributed by atoms with E-state index < -0.39 is 0 Å². The Kier molecular flexibility index (Phi) is 12.9. The molecular formula is C64H52N2. The van der Waals surface area contributed by atoms with Crippen molar-refractivity contribution in [1.29, 1.82) is 0 Å². The monoisotopic (exact) mass is 848 g/mol. The predicted octanol–water partition coefficient (Wildman–Crippen LogP) is 18.5. The lowest BCUT2D eigenvalue weighted by atomic mass is 9.91. The smallest absolute Gasteiger partial charge is 0.0468 e. The minimum atomic E-state index is 1.03. The topological polar surface area (TPSA) is 6.48 Å². The minimum absolute atomic E-state index is 1.03. The Morgan fingerprint density at radius 2 is 0.833 bits per heavy atom. The number of para-hydroxylation sites is 2. The van der Waals surface area contributed by atoms with E-state index in [1.165, 1.54) is 27.5 Å². The van der Waals surface area contributed by atoms with Crippen LogP contribution in [-0.2, 0) is 0 Å². The fraction of sp³-hybridized carbons (Fsp3) is 0.0312. The molecule has 0 aromatic heterocycles. The molecule has 0 heterocycles. The second-order valence-electron chi connectivity index (χ2n) is 16.2. The van der Waals surface area contributed by atoms with Gasteiger partial charge in [-0.3, -0.25) is 0 Å². The Hall–Kier alpha value is -8.46. The highest BCUT2D eigenvalue weighted by atomic mass is 15.1. The van der Waals surface area contributed by atoms with E-state index in [9.17, 15) is 0 Å². The molecule has 0 N–H and O–H groups in total. The number of nitrogens with zero attached hydrogens (tertiary/aromatic N) is 2. The van der Waals surface area contributed by atoms with Crippen molar-refractivity contribution in [3.05, 3.63) is 279 Å². The highest BCUT2D eigenvalue weighted by Crippen LogP contribution is 2.42. The Morgan fingerprint density at radius 1 is 0.379 bits per heavy atom. The van der Waals surface area contributed by atoms with Crippen molar-refractivity contribution in [2.45, 2.75) is 13.8 Å². The highest BCUT2D eigenvalue weighted by Gasteiger charge is 2.18. The van der Waals surface area contributed by atoms with Gasteiger partial charge in [0.15, 0.2) is 0 Å². The van der Waals surface area contributed by atoms with Crippen LogP contribution in [0.1, 0.15) is 25.0 Å². The lowest BCUT2D eigenvalue weighted by molar-refractivity contribution is 1.28. The summed E-state index contributed by atoms with van der Waals surface area (Å²) in [7, 11) is 0. The average Bonchev–Trinajstić information content (AvgIpc) is 3.38. The molecule has 9 aromatic rings. The highest BCUT2D eigenvalue weighted by molar-refractivity contribution is 5.94. The van der Waals surface area contributed by atoms with E-state index in [4.69, 9.17) is 0 Å². The van der Waals surface area contributed by atoms with Crippen LogP contribution in [0.25, 0.3) is 55.3 Å². The van der Waals surface area contributed by atoms with Gasteiger partial charge in [-0.05, 0) is 159 Å². The van der Waals surface area contributed by atoms with Crippen LogP contribution in [0.5, 0.6) is 0 Å². The molecule has 0 atom stereocenters. The molecule has 0 saturated carbocycles. The van der Waals surface area contributed by atoms with Gasteiger partial charge in [-0.25, -0.2) is 0 Å². The van der Waals surface area contributed by atoms with Gasteiger partial charge in [0.25, 0.3) is 0 Å². The summed E-state index contributed by atoms with van der Waals surface area (Å²) in [6.45, 7) is 12.1. The number of fused-ring (bicyclic) bond motifs is 1. The summed E-state index contributed by atoms with van der Waals surface area (Å²) in [6, 6.07) is 78.8. The third kappa shape index (κ3) is 9.13. The normalized spacial score (nSPS) is 11.7. The van der Waals surface area contributed by atoms with Gasteiger partial charge in [-0.15, -0.1) is 0 Å². The fourth-order valence-corrected chi connectivity index (χ4v) is 8.77. The van der Waals surface area contributed by atoms with Crippen LogP contribution >= 0.6 is 0 Å². The van der Waals surface area contributed by atoms with Crippen LogP contribution in [0, 0.1) is 0 Å². The zero-order valence-corrected chi connectivity index (χ0v) is 37.6. The van der Waals surface area contributed by atoms with Crippen LogP contribution in [-0.4, -0.2) is 0 Å². The Morgan fingerprint density at radius 3 is 1.38 bits per heavy atom. The molecule has 0 unspecified atom stereocenters. The molecule has 0 bridgehead atoms. The largest absolute Gasteiger partial charge is 0.311 e. The van der Waals surface area contributed by atoms with Gasteiger partial charge in [0.2, 0.25) is 0 Å². The number of anilines is 6. The molecule has 66 heavy (non-hydrogen) atoms. The number of benzene rings is 9. The van der Waals surface area contributed by atoms with Gasteiger partial charge in [0, 0.05) is 34.1 Å². The second kappa shape index (κ2) is 19.9. The maximum atomic E-state index is 4.03. The summed E-state index contributed by atoms with van der Waals surface area (Å²) in [6.07, 6.45) is 12.0. The zero-order valence-electron chi connectivity index (χ0n) is 37.6. The SMILES string of the molecule is C=C/C=C(\C=C)c1ccc(N(c2ccccc2)c2ccc(-c3ccc(-c4ccc(N(c5ccccc5)c5ccc(C(/C=C\C)=C/C)cc5)cc4)cc3)c(-c3ccc4ccccc4c3)c2)cc1. The summed E-state index contributed by atoms with van der Waals surface area (Å²) in [4.78, 5) is 4.64. The van der Waals surface area contributed by atoms with Crippen molar-refractivity contribution in [2.24, 2.45) is 0 Å². The molecule has 0 amide bonds. The molecular weight excluding hydrogens is 797 g/mol. The van der Waals surface area contributed by atoms with E-state index in [2.05, 4.69) is 273 Å². The molecule has 0 fully saturated rings. The number of rotatable bonds is 14. The molecule has 0 aliphatic carbocycles. The van der Waals surface area contributed by atoms with Crippen LogP contribution in [0.4, 0.5) is 34.1 Å². The Balaban J connectivity index is 1.07. The molecule has 0 spiro atoms. The molecule has 318 valence electrons. The lowest BCUT2D eigenvalue weighted by Gasteiger charge is -2.27. The minimum Gasteiger partial charge on any atom is -0.311 e. The molecule has 9 aromatic carbocycles. The Labute approximate surface area is 390 Å². The van der Waals surface area contributed by atoms with Crippen molar-refractivity contribution in [1.82, 2.24) is 0 Å². The lowest BCUT2D eigenvalue weighted by Crippen LogP contribution is -2.10. The summed E-state index contributed by atoms with van der Waals surface area (Å²) >= 11 is 0. The van der Waals surface area contributed by atoms with Crippen LogP contribution < -0.4 is 9.80 Å². The van der Waals surface area contributed by atoms with Gasteiger partial charge in [-0.1, -0.05) is 189 Å². The third-order valence-corrected chi connectivity index (χ3v) is 12.1. The summed E-state index contributed by atoms with van der Waals surface area (Å²) in [5.74, 6) is 0. The van der Waals surface area contributed by atoms with Crippen LogP contribution in [0.15, 0.2) is 268 Å². The van der Waals surface area contributed by atoms with E-state index in [-0.39, 0.29) is 0 Å². The molecule has 2 nitrogen and oxygen atoms in total. The molecule has 2 heteroatoms. The third-order valence-electron chi connectivity index (χ3n) is 12.1. The van der Waals surface area contributed by atoms with Crippen molar-refractivity contribution >= 4 is 56.0 Å². The van der Waals surface area contributed by atoms with Crippen molar-refractivity contribution in [3.63, 3.8) is 0 Å². The fourth-order valence-electron chi connectivity index (χ4n) is 8.77. The molecule has 0 radical (unpaired) electrons. The average molecular weight is 849 g/mol. The number of hydrogen-bond donors (Lipinski definition) is 0. The summed E-state index contributed by atoms with van der Waals surface area (Å²) in [5.41, 5.74) is 18.0. The van der Waals surface area contributed by atoms with Gasteiger partial charge in [0.05, 0.1) is 0 Å². The zero-order chi connectivity index (χ0) is 45.2. The van der Waals surface area contributed by atoms with Crippen molar-refractivity contribution in [2.75, 3.05) is 9.80 Å². The van der Waals surface area contributed by atoms with E-state index in [0.29, 0.717) is 0 Å². The van der Waals surface area contributed by atoms with E-state index >= 15 is 0 Å². The van der Waals surface area contributed by atoms with Crippen LogP contribution in [0.2, 0.25) is 0 Å². The first-order valence-electron chi connectivity index (χ1n) is 22.5. The Bertz CT molecular complexity index is 3190. The summed E-state index contributed by atoms with van der Waals surface area (Å²) < 4.78 is 0. The first-order valence-corrected chi connectivity index (χ1v) is 22.5. The van der Waals surface area contributed by atoms with Gasteiger partial charge in [0.1, 0.15) is 0 Å². The second-order valence-corrected chi connectivity index (χ2v) is 16.2. The van der Waals surface area contributed by atoms with Gasteiger partial charge >= 0.3 is 0 Å². The molecule has 0 saturated heterocycles. The first kappa shape index (κ1) is 42.8. The standard InChI is InChI=1S/C64H52N2/c1-5-17-47(7-3)50-31-37-59(38-32-50)65(57-21-11-9-12-22-57)60-41-35-53(36-42-60)52-25-28-54(29-26-52)63-44-43-62(46-64(63)56-30-27-49-19-15-16-20-55(49)45-56)66(58-23-13-10-14-24-58)61-39-33-51(34-40-61)48(8-4)18-6-2/h5-46H,2,4H2,1,3H3/b17-5-,47-7+,48-18+. The molecule has 0 aliphatic rings. The first-order chi connectivity index (χ1) is 32.5. The molecule has 0 aliphatic heterocycles. The van der Waals surface area contributed by atoms with E-state index in [1.54, 1.807) is 6.08 Å². The molecule has 9 rings (SSSR count). The number of allylic oxidation sites excluding steroid dienone is 8. The predicted molar refractivity (Wildman–Crippen MR) is 286 cm³/mol. The van der Waals surface area contributed by atoms with Gasteiger partial charge in [-0.2, -0.15) is 0 Å². The maximum absolute atomic E-state index is 4.03. The van der Waals surface area contributed by atoms with Crippen molar-refractivity contribution < 1.29 is 0 Å². The quantitative estimate of drug-likeness (QED) is 0.101. The van der Waals surface area contributed by atoms with E-state index in [0.717, 1.165) is 73.1 Å². The van der Waals surface area contributed by atoms with E-state index in [1.807, 2.05) is 12.2 Å². The number of hydrogen-bond acceptors (Lipinski definition) is 2. The van der Waals surface area contributed by atoms with Gasteiger partial charge < -0.3 is 9.80 Å².